The number of para-hydroxylation sites is 1. The summed E-state index contributed by atoms with van der Waals surface area (Å²) in [5.41, 5.74) is 2.97. The Balaban J connectivity index is 2.10. The molecule has 2 aromatic rings. The lowest BCUT2D eigenvalue weighted by atomic mass is 9.89. The molecule has 150 valence electrons. The molecule has 1 N–H and O–H groups in total. The van der Waals surface area contributed by atoms with Gasteiger partial charge in [-0.3, -0.25) is 14.6 Å². The Morgan fingerprint density at radius 2 is 1.61 bits per heavy atom. The number of carbonyl (C=O) groups is 2. The largest absolute Gasteiger partial charge is 0.345 e. The van der Waals surface area contributed by atoms with Crippen LogP contribution in [0.5, 0.6) is 0 Å². The van der Waals surface area contributed by atoms with Crippen LogP contribution in [0.2, 0.25) is 0 Å². The molecule has 0 aliphatic heterocycles. The van der Waals surface area contributed by atoms with Gasteiger partial charge in [-0.05, 0) is 61.9 Å². The molecule has 0 aliphatic rings. The van der Waals surface area contributed by atoms with E-state index >= 15 is 0 Å². The zero-order chi connectivity index (χ0) is 20.7. The highest BCUT2D eigenvalue weighted by molar-refractivity contribution is 6.10. The number of nitrogens with one attached hydrogen (secondary N) is 1. The standard InChI is InChI=1S/C23H31N3O2/c1-6-18-9-8-10-19(7-2)20(18)25-21(27)23(3,4)22(28)26(5)16-13-17-11-14-24-15-12-17/h8-12,14-15H,6-7,13,16H2,1-5H3,(H,25,27). The Bertz CT molecular complexity index is 794. The average molecular weight is 382 g/mol. The van der Waals surface area contributed by atoms with E-state index in [9.17, 15) is 9.59 Å². The number of nitrogens with zero attached hydrogens (tertiary/aromatic N) is 2. The van der Waals surface area contributed by atoms with Gasteiger partial charge in [0.05, 0.1) is 0 Å². The number of hydrogen-bond acceptors (Lipinski definition) is 3. The number of amides is 2. The first-order valence-electron chi connectivity index (χ1n) is 9.87. The molecule has 0 aliphatic carbocycles. The van der Waals surface area contributed by atoms with E-state index < -0.39 is 5.41 Å². The van der Waals surface area contributed by atoms with Crippen LogP contribution >= 0.6 is 0 Å². The highest BCUT2D eigenvalue weighted by Crippen LogP contribution is 2.27. The number of anilines is 1. The van der Waals surface area contributed by atoms with Gasteiger partial charge in [0.2, 0.25) is 11.8 Å². The van der Waals surface area contributed by atoms with Crippen molar-refractivity contribution in [3.63, 3.8) is 0 Å². The van der Waals surface area contributed by atoms with Crippen molar-refractivity contribution in [1.29, 1.82) is 0 Å². The van der Waals surface area contributed by atoms with Crippen molar-refractivity contribution in [2.75, 3.05) is 18.9 Å². The van der Waals surface area contributed by atoms with E-state index in [4.69, 9.17) is 0 Å². The molecule has 0 unspecified atom stereocenters. The maximum absolute atomic E-state index is 13.0. The highest BCUT2D eigenvalue weighted by Gasteiger charge is 2.38. The molecule has 5 heteroatoms. The SMILES string of the molecule is CCc1cccc(CC)c1NC(=O)C(C)(C)C(=O)N(C)CCc1ccncc1. The van der Waals surface area contributed by atoms with Crippen LogP contribution in [0.15, 0.2) is 42.7 Å². The second-order valence-corrected chi connectivity index (χ2v) is 7.57. The van der Waals surface area contributed by atoms with E-state index in [1.165, 1.54) is 0 Å². The molecule has 0 saturated carbocycles. The Labute approximate surface area is 168 Å². The van der Waals surface area contributed by atoms with Crippen LogP contribution in [-0.4, -0.2) is 35.3 Å². The lowest BCUT2D eigenvalue weighted by molar-refractivity contribution is -0.145. The molecule has 0 spiro atoms. The second kappa shape index (κ2) is 9.49. The van der Waals surface area contributed by atoms with Gasteiger partial charge in [-0.25, -0.2) is 0 Å². The van der Waals surface area contributed by atoms with Crippen LogP contribution in [0.3, 0.4) is 0 Å². The third kappa shape index (κ3) is 4.97. The maximum Gasteiger partial charge on any atom is 0.239 e. The number of carbonyl (C=O) groups excluding carboxylic acids is 2. The third-order valence-electron chi connectivity index (χ3n) is 5.17. The van der Waals surface area contributed by atoms with Gasteiger partial charge in [-0.2, -0.15) is 0 Å². The number of benzene rings is 1. The number of aromatic nitrogens is 1. The van der Waals surface area contributed by atoms with Crippen molar-refractivity contribution in [3.05, 3.63) is 59.4 Å². The Morgan fingerprint density at radius 3 is 2.14 bits per heavy atom. The van der Waals surface area contributed by atoms with Crippen molar-refractivity contribution >= 4 is 17.5 Å². The molecule has 1 aromatic heterocycles. The zero-order valence-corrected chi connectivity index (χ0v) is 17.6. The molecule has 0 atom stereocenters. The predicted molar refractivity (Wildman–Crippen MR) is 113 cm³/mol. The van der Waals surface area contributed by atoms with E-state index in [0.29, 0.717) is 6.54 Å². The van der Waals surface area contributed by atoms with Crippen molar-refractivity contribution < 1.29 is 9.59 Å². The van der Waals surface area contributed by atoms with Crippen molar-refractivity contribution in [3.8, 4) is 0 Å². The first-order chi connectivity index (χ1) is 13.3. The Kier molecular flexibility index (Phi) is 7.32. The summed E-state index contributed by atoms with van der Waals surface area (Å²) < 4.78 is 0. The summed E-state index contributed by atoms with van der Waals surface area (Å²) in [7, 11) is 1.75. The summed E-state index contributed by atoms with van der Waals surface area (Å²) in [6, 6.07) is 9.92. The van der Waals surface area contributed by atoms with Crippen LogP contribution in [0.4, 0.5) is 5.69 Å². The van der Waals surface area contributed by atoms with E-state index in [1.807, 2.05) is 30.3 Å². The minimum Gasteiger partial charge on any atom is -0.345 e. The highest BCUT2D eigenvalue weighted by atomic mass is 16.2. The molecule has 28 heavy (non-hydrogen) atoms. The number of rotatable bonds is 8. The number of hydrogen-bond donors (Lipinski definition) is 1. The summed E-state index contributed by atoms with van der Waals surface area (Å²) in [6.45, 7) is 8.05. The maximum atomic E-state index is 13.0. The first-order valence-corrected chi connectivity index (χ1v) is 9.87. The smallest absolute Gasteiger partial charge is 0.239 e. The third-order valence-corrected chi connectivity index (χ3v) is 5.17. The summed E-state index contributed by atoms with van der Waals surface area (Å²) in [4.78, 5) is 31.6. The molecule has 1 heterocycles. The van der Waals surface area contributed by atoms with Gasteiger partial charge in [0.15, 0.2) is 0 Å². The topological polar surface area (TPSA) is 62.3 Å². The molecule has 1 aromatic carbocycles. The summed E-state index contributed by atoms with van der Waals surface area (Å²) >= 11 is 0. The molecule has 5 nitrogen and oxygen atoms in total. The van der Waals surface area contributed by atoms with Gasteiger partial charge >= 0.3 is 0 Å². The fourth-order valence-corrected chi connectivity index (χ4v) is 3.19. The van der Waals surface area contributed by atoms with Crippen molar-refractivity contribution in [2.24, 2.45) is 5.41 Å². The average Bonchev–Trinajstić information content (AvgIpc) is 2.72. The van der Waals surface area contributed by atoms with Gasteiger partial charge < -0.3 is 10.2 Å². The number of pyridine rings is 1. The molecule has 0 radical (unpaired) electrons. The fourth-order valence-electron chi connectivity index (χ4n) is 3.19. The van der Waals surface area contributed by atoms with Gasteiger partial charge in [0.25, 0.3) is 0 Å². The minimum absolute atomic E-state index is 0.189. The van der Waals surface area contributed by atoms with Gasteiger partial charge in [-0.15, -0.1) is 0 Å². The predicted octanol–water partition coefficient (Wildman–Crippen LogP) is 3.87. The van der Waals surface area contributed by atoms with Crippen molar-refractivity contribution in [1.82, 2.24) is 9.88 Å². The molecule has 2 rings (SSSR count). The van der Waals surface area contributed by atoms with Gasteiger partial charge in [-0.1, -0.05) is 32.0 Å². The quantitative estimate of drug-likeness (QED) is 0.706. The molecule has 0 bridgehead atoms. The molecular formula is C23H31N3O2. The van der Waals surface area contributed by atoms with E-state index in [-0.39, 0.29) is 11.8 Å². The van der Waals surface area contributed by atoms with Gasteiger partial charge in [0.1, 0.15) is 5.41 Å². The zero-order valence-electron chi connectivity index (χ0n) is 17.6. The van der Waals surface area contributed by atoms with E-state index in [2.05, 4.69) is 24.1 Å². The lowest BCUT2D eigenvalue weighted by Gasteiger charge is -2.29. The number of aryl methyl sites for hydroxylation is 2. The van der Waals surface area contributed by atoms with E-state index in [0.717, 1.165) is 41.6 Å². The Hall–Kier alpha value is -2.69. The normalized spacial score (nSPS) is 11.2. The molecule has 0 fully saturated rings. The second-order valence-electron chi connectivity index (χ2n) is 7.57. The monoisotopic (exact) mass is 381 g/mol. The van der Waals surface area contributed by atoms with Gasteiger partial charge in [0, 0.05) is 31.7 Å². The summed E-state index contributed by atoms with van der Waals surface area (Å²) in [5.74, 6) is -0.463. The fraction of sp³-hybridized carbons (Fsp3) is 0.435. The van der Waals surface area contributed by atoms with Crippen LogP contribution in [0, 0.1) is 5.41 Å². The van der Waals surface area contributed by atoms with Crippen LogP contribution in [0.25, 0.3) is 0 Å². The van der Waals surface area contributed by atoms with Crippen LogP contribution < -0.4 is 5.32 Å². The minimum atomic E-state index is -1.15. The number of likely N-dealkylation sites (N-methyl/N-ethyl adjacent to an activating group) is 1. The van der Waals surface area contributed by atoms with Crippen LogP contribution in [0.1, 0.15) is 44.4 Å². The Morgan fingerprint density at radius 1 is 1.04 bits per heavy atom. The van der Waals surface area contributed by atoms with Crippen molar-refractivity contribution in [2.45, 2.75) is 47.0 Å². The van der Waals surface area contributed by atoms with E-state index in [1.54, 1.807) is 38.2 Å². The van der Waals surface area contributed by atoms with Crippen LogP contribution in [-0.2, 0) is 28.9 Å². The molecular weight excluding hydrogens is 350 g/mol. The first kappa shape index (κ1) is 21.6. The summed E-state index contributed by atoms with van der Waals surface area (Å²) in [5, 5.41) is 3.04. The lowest BCUT2D eigenvalue weighted by Crippen LogP contribution is -2.46. The molecule has 0 saturated heterocycles. The molecule has 2 amide bonds. The summed E-state index contributed by atoms with van der Waals surface area (Å²) in [6.07, 6.45) is 5.85.